The molecule has 0 atom stereocenters. The van der Waals surface area contributed by atoms with Crippen LogP contribution < -0.4 is 14.2 Å². The molecule has 0 unspecified atom stereocenters. The summed E-state index contributed by atoms with van der Waals surface area (Å²) in [7, 11) is -2.31. The van der Waals surface area contributed by atoms with Crippen molar-refractivity contribution in [1.82, 2.24) is 4.72 Å². The van der Waals surface area contributed by atoms with E-state index in [2.05, 4.69) is 9.44 Å². The van der Waals surface area contributed by atoms with Gasteiger partial charge in [-0.1, -0.05) is 0 Å². The fourth-order valence-electron chi connectivity index (χ4n) is 1.54. The summed E-state index contributed by atoms with van der Waals surface area (Å²) in [4.78, 5) is 10.9. The van der Waals surface area contributed by atoms with E-state index >= 15 is 0 Å². The third-order valence-electron chi connectivity index (χ3n) is 2.58. The maximum absolute atomic E-state index is 11.7. The number of rotatable bonds is 6. The fraction of sp³-hybridized carbons (Fsp3) is 0.364. The second kappa shape index (κ2) is 5.06. The number of ether oxygens (including phenoxy) is 1. The van der Waals surface area contributed by atoms with Gasteiger partial charge >= 0.3 is 5.97 Å². The predicted molar refractivity (Wildman–Crippen MR) is 68.7 cm³/mol. The Kier molecular flexibility index (Phi) is 3.63. The van der Waals surface area contributed by atoms with Gasteiger partial charge in [0, 0.05) is 12.1 Å². The van der Waals surface area contributed by atoms with Gasteiger partial charge in [0.1, 0.15) is 11.3 Å². The van der Waals surface area contributed by atoms with E-state index in [1.165, 1.54) is 25.3 Å². The maximum atomic E-state index is 11.7. The molecule has 0 radical (unpaired) electrons. The second-order valence-electron chi connectivity index (χ2n) is 4.22. The lowest BCUT2D eigenvalue weighted by Gasteiger charge is -2.11. The van der Waals surface area contributed by atoms with Crippen LogP contribution >= 0.6 is 0 Å². The molecule has 1 aromatic carbocycles. The number of methoxy groups -OCH3 is 1. The molecule has 1 saturated carbocycles. The van der Waals surface area contributed by atoms with Gasteiger partial charge in [0.25, 0.3) is 10.2 Å². The number of carboxylic acids is 1. The summed E-state index contributed by atoms with van der Waals surface area (Å²) in [5.41, 5.74) is 0.218. The minimum atomic E-state index is -3.63. The van der Waals surface area contributed by atoms with Crippen LogP contribution in [0.3, 0.4) is 0 Å². The molecule has 1 fully saturated rings. The van der Waals surface area contributed by atoms with Crippen LogP contribution in [0.4, 0.5) is 5.69 Å². The molecule has 0 spiro atoms. The first-order valence-electron chi connectivity index (χ1n) is 5.62. The van der Waals surface area contributed by atoms with Crippen LogP contribution in [0.5, 0.6) is 5.75 Å². The second-order valence-corrected chi connectivity index (χ2v) is 5.66. The van der Waals surface area contributed by atoms with Crippen molar-refractivity contribution < 1.29 is 23.1 Å². The van der Waals surface area contributed by atoms with Crippen LogP contribution in [0.2, 0.25) is 0 Å². The van der Waals surface area contributed by atoms with Crippen LogP contribution in [-0.4, -0.2) is 32.6 Å². The lowest BCUT2D eigenvalue weighted by atomic mass is 10.2. The molecule has 104 valence electrons. The van der Waals surface area contributed by atoms with Crippen LogP contribution in [0.15, 0.2) is 18.2 Å². The standard InChI is InChI=1S/C11H14N2O5S/c1-18-10-6-8(4-5-9(10)11(14)15)13-19(16,17)12-7-2-3-7/h4-7,12-13H,2-3H2,1H3,(H,14,15). The zero-order valence-corrected chi connectivity index (χ0v) is 11.0. The Hall–Kier alpha value is -1.80. The third-order valence-corrected chi connectivity index (χ3v) is 3.73. The van der Waals surface area contributed by atoms with E-state index in [0.29, 0.717) is 0 Å². The van der Waals surface area contributed by atoms with E-state index in [4.69, 9.17) is 9.84 Å². The highest BCUT2D eigenvalue weighted by atomic mass is 32.2. The number of benzene rings is 1. The molecule has 0 aliphatic heterocycles. The molecule has 1 aliphatic rings. The van der Waals surface area contributed by atoms with Gasteiger partial charge in [0.2, 0.25) is 0 Å². The summed E-state index contributed by atoms with van der Waals surface area (Å²) in [5.74, 6) is -1.04. The van der Waals surface area contributed by atoms with Crippen molar-refractivity contribution in [1.29, 1.82) is 0 Å². The lowest BCUT2D eigenvalue weighted by molar-refractivity contribution is 0.0693. The van der Waals surface area contributed by atoms with Crippen molar-refractivity contribution >= 4 is 21.9 Å². The molecule has 0 heterocycles. The molecule has 1 aromatic rings. The van der Waals surface area contributed by atoms with Gasteiger partial charge < -0.3 is 9.84 Å². The maximum Gasteiger partial charge on any atom is 0.339 e. The molecule has 2 rings (SSSR count). The summed E-state index contributed by atoms with van der Waals surface area (Å²) < 4.78 is 33.1. The van der Waals surface area contributed by atoms with Crippen LogP contribution in [-0.2, 0) is 10.2 Å². The molecule has 7 nitrogen and oxygen atoms in total. The molecule has 0 saturated heterocycles. The minimum Gasteiger partial charge on any atom is -0.496 e. The molecule has 8 heteroatoms. The number of carboxylic acid groups (broad SMARTS) is 1. The smallest absolute Gasteiger partial charge is 0.339 e. The van der Waals surface area contributed by atoms with Crippen LogP contribution in [0.25, 0.3) is 0 Å². The van der Waals surface area contributed by atoms with Crippen molar-refractivity contribution in [3.05, 3.63) is 23.8 Å². The number of carbonyl (C=O) groups is 1. The van der Waals surface area contributed by atoms with E-state index in [1.54, 1.807) is 0 Å². The predicted octanol–water partition coefficient (Wildman–Crippen LogP) is 0.802. The molecule has 0 amide bonds. The van der Waals surface area contributed by atoms with Crippen molar-refractivity contribution in [3.8, 4) is 5.75 Å². The van der Waals surface area contributed by atoms with Gasteiger partial charge in [0.05, 0.1) is 12.8 Å². The van der Waals surface area contributed by atoms with Crippen molar-refractivity contribution in [2.24, 2.45) is 0 Å². The van der Waals surface area contributed by atoms with Crippen LogP contribution in [0, 0.1) is 0 Å². The first kappa shape index (κ1) is 13.6. The normalized spacial score (nSPS) is 15.0. The van der Waals surface area contributed by atoms with Gasteiger partial charge in [-0.15, -0.1) is 0 Å². The number of anilines is 1. The van der Waals surface area contributed by atoms with Gasteiger partial charge in [-0.25, -0.2) is 4.79 Å². The minimum absolute atomic E-state index is 0.00214. The average Bonchev–Trinajstić information content (AvgIpc) is 3.10. The number of nitrogens with one attached hydrogen (secondary N) is 2. The van der Waals surface area contributed by atoms with E-state index in [-0.39, 0.29) is 23.0 Å². The topological polar surface area (TPSA) is 105 Å². The lowest BCUT2D eigenvalue weighted by Crippen LogP contribution is -2.31. The Morgan fingerprint density at radius 2 is 2.11 bits per heavy atom. The zero-order chi connectivity index (χ0) is 14.0. The Bertz CT molecular complexity index is 595. The summed E-state index contributed by atoms with van der Waals surface area (Å²) in [6.07, 6.45) is 1.67. The Balaban J connectivity index is 2.18. The highest BCUT2D eigenvalue weighted by Crippen LogP contribution is 2.24. The van der Waals surface area contributed by atoms with Gasteiger partial charge in [-0.2, -0.15) is 13.1 Å². The molecular weight excluding hydrogens is 272 g/mol. The molecule has 19 heavy (non-hydrogen) atoms. The average molecular weight is 286 g/mol. The highest BCUT2D eigenvalue weighted by molar-refractivity contribution is 7.90. The Morgan fingerprint density at radius 1 is 1.42 bits per heavy atom. The Morgan fingerprint density at radius 3 is 2.63 bits per heavy atom. The first-order valence-corrected chi connectivity index (χ1v) is 7.11. The summed E-state index contributed by atoms with van der Waals surface area (Å²) in [5, 5.41) is 8.92. The number of hydrogen-bond acceptors (Lipinski definition) is 4. The molecule has 1 aliphatic carbocycles. The zero-order valence-electron chi connectivity index (χ0n) is 10.2. The largest absolute Gasteiger partial charge is 0.496 e. The van der Waals surface area contributed by atoms with Gasteiger partial charge in [-0.05, 0) is 25.0 Å². The summed E-state index contributed by atoms with van der Waals surface area (Å²) in [6.45, 7) is 0. The molecule has 0 aromatic heterocycles. The van der Waals surface area contributed by atoms with Crippen molar-refractivity contribution in [2.75, 3.05) is 11.8 Å². The van der Waals surface area contributed by atoms with Gasteiger partial charge in [0.15, 0.2) is 0 Å². The third kappa shape index (κ3) is 3.58. The van der Waals surface area contributed by atoms with Crippen molar-refractivity contribution in [2.45, 2.75) is 18.9 Å². The van der Waals surface area contributed by atoms with E-state index in [9.17, 15) is 13.2 Å². The molecule has 0 bridgehead atoms. The SMILES string of the molecule is COc1cc(NS(=O)(=O)NC2CC2)ccc1C(=O)O. The summed E-state index contributed by atoms with van der Waals surface area (Å²) >= 11 is 0. The van der Waals surface area contributed by atoms with Crippen LogP contribution in [0.1, 0.15) is 23.2 Å². The molecular formula is C11H14N2O5S. The van der Waals surface area contributed by atoms with Crippen molar-refractivity contribution in [3.63, 3.8) is 0 Å². The summed E-state index contributed by atoms with van der Waals surface area (Å²) in [6, 6.07) is 3.99. The molecule has 3 N–H and O–H groups in total. The van der Waals surface area contributed by atoms with E-state index in [0.717, 1.165) is 12.8 Å². The fourth-order valence-corrected chi connectivity index (χ4v) is 2.71. The quantitative estimate of drug-likeness (QED) is 0.717. The number of aromatic carboxylic acids is 1. The highest BCUT2D eigenvalue weighted by Gasteiger charge is 2.27. The monoisotopic (exact) mass is 286 g/mol. The van der Waals surface area contributed by atoms with E-state index in [1.807, 2.05) is 0 Å². The van der Waals surface area contributed by atoms with E-state index < -0.39 is 16.2 Å². The van der Waals surface area contributed by atoms with Gasteiger partial charge in [-0.3, -0.25) is 4.72 Å². The Labute approximate surface area is 110 Å². The number of hydrogen-bond donors (Lipinski definition) is 3. The first-order chi connectivity index (χ1) is 8.91.